The third kappa shape index (κ3) is 9.96. The van der Waals surface area contributed by atoms with E-state index in [9.17, 15) is 22.8 Å². The summed E-state index contributed by atoms with van der Waals surface area (Å²) in [5, 5.41) is 14.3. The topological polar surface area (TPSA) is 193 Å². The molecule has 3 saturated heterocycles. The molecule has 5 heterocycles. The number of rotatable bonds is 12. The van der Waals surface area contributed by atoms with Crippen molar-refractivity contribution in [2.24, 2.45) is 10.6 Å². The summed E-state index contributed by atoms with van der Waals surface area (Å²) in [6.07, 6.45) is 8.46. The largest absolute Gasteiger partial charge is 0.374 e. The Morgan fingerprint density at radius 1 is 1.00 bits per heavy atom. The standard InChI is InChI=1S/C46H58FN9O5S2/c1-5-36(63(48,60)61)32-7-6-8-33(39(32)47)40-41(62-43(54-40)45(2,3)4)34-15-20-49-44(52-34)51-31-25-46(26-31)18-23-56(24-19-46)38(58)27-55-21-16-29(17-22-55)28-9-11-30(12-10-28)50-35-13-14-37(57)53-42(35)59/h6-12,15,20,29,31,35-36,50H,5,13-14,16-19,21-27H2,1-4H3,(H2,48,60,61)(H,49,51,52)(H,53,57,59). The number of primary sulfonamides is 1. The predicted molar refractivity (Wildman–Crippen MR) is 243 cm³/mol. The first-order valence-corrected chi connectivity index (χ1v) is 24.5. The Labute approximate surface area is 373 Å². The van der Waals surface area contributed by atoms with E-state index in [2.05, 4.69) is 38.0 Å². The van der Waals surface area contributed by atoms with Crippen LogP contribution in [-0.4, -0.2) is 95.7 Å². The molecule has 2 aromatic heterocycles. The summed E-state index contributed by atoms with van der Waals surface area (Å²) < 4.78 is 41.1. The number of carbonyl (C=O) groups excluding carboxylic acids is 3. The molecule has 2 unspecified atom stereocenters. The summed E-state index contributed by atoms with van der Waals surface area (Å²) in [6, 6.07) is 14.5. The first kappa shape index (κ1) is 44.8. The maximum Gasteiger partial charge on any atom is 0.249 e. The summed E-state index contributed by atoms with van der Waals surface area (Å²) in [7, 11) is -4.04. The van der Waals surface area contributed by atoms with Crippen LogP contribution in [0.15, 0.2) is 54.7 Å². The second-order valence-electron chi connectivity index (χ2n) is 18.9. The maximum absolute atomic E-state index is 16.3. The fourth-order valence-electron chi connectivity index (χ4n) is 9.67. The average molecular weight is 900 g/mol. The van der Waals surface area contributed by atoms with Gasteiger partial charge in [-0.15, -0.1) is 11.3 Å². The number of halogens is 1. The van der Waals surface area contributed by atoms with Gasteiger partial charge in [0.05, 0.1) is 27.8 Å². The van der Waals surface area contributed by atoms with E-state index in [0.717, 1.165) is 75.4 Å². The monoisotopic (exact) mass is 899 g/mol. The fraction of sp³-hybridized carbons (Fsp3) is 0.522. The van der Waals surface area contributed by atoms with Crippen LogP contribution in [0.25, 0.3) is 21.8 Å². The van der Waals surface area contributed by atoms with E-state index >= 15 is 4.39 Å². The Kier molecular flexibility index (Phi) is 12.8. The molecule has 14 nitrogen and oxygen atoms in total. The smallest absolute Gasteiger partial charge is 0.249 e. The van der Waals surface area contributed by atoms with Crippen LogP contribution in [0.4, 0.5) is 16.0 Å². The number of nitrogens with one attached hydrogen (secondary N) is 3. The molecule has 4 aromatic rings. The van der Waals surface area contributed by atoms with Crippen LogP contribution in [0.5, 0.6) is 0 Å². The molecule has 63 heavy (non-hydrogen) atoms. The van der Waals surface area contributed by atoms with Gasteiger partial charge in [0.2, 0.25) is 33.7 Å². The number of carbonyl (C=O) groups is 3. The summed E-state index contributed by atoms with van der Waals surface area (Å²) in [5.41, 5.74) is 3.19. The summed E-state index contributed by atoms with van der Waals surface area (Å²) in [4.78, 5) is 56.4. The van der Waals surface area contributed by atoms with E-state index in [1.165, 1.54) is 23.0 Å². The third-order valence-electron chi connectivity index (χ3n) is 13.3. The molecule has 0 bridgehead atoms. The Morgan fingerprint density at radius 2 is 1.71 bits per heavy atom. The number of aromatic nitrogens is 3. The highest BCUT2D eigenvalue weighted by Gasteiger charge is 2.47. The zero-order valence-corrected chi connectivity index (χ0v) is 38.1. The van der Waals surface area contributed by atoms with E-state index in [1.807, 2.05) is 37.8 Å². The highest BCUT2D eigenvalue weighted by atomic mass is 32.2. The van der Waals surface area contributed by atoms with Crippen molar-refractivity contribution in [2.75, 3.05) is 43.4 Å². The molecule has 3 amide bonds. The number of piperidine rings is 3. The van der Waals surface area contributed by atoms with E-state index in [4.69, 9.17) is 15.1 Å². The van der Waals surface area contributed by atoms with Crippen LogP contribution >= 0.6 is 11.3 Å². The highest BCUT2D eigenvalue weighted by Crippen LogP contribution is 2.50. The number of anilines is 2. The molecular formula is C46H58FN9O5S2. The molecule has 0 radical (unpaired) electrons. The number of benzene rings is 2. The predicted octanol–water partition coefficient (Wildman–Crippen LogP) is 6.72. The molecule has 2 atom stereocenters. The van der Waals surface area contributed by atoms with Gasteiger partial charge in [-0.1, -0.05) is 52.0 Å². The number of nitrogens with two attached hydrogens (primary N) is 1. The average Bonchev–Trinajstić information content (AvgIpc) is 3.69. The molecule has 1 saturated carbocycles. The number of sulfonamides is 1. The van der Waals surface area contributed by atoms with Gasteiger partial charge in [-0.2, -0.15) is 0 Å². The molecule has 17 heteroatoms. The fourth-order valence-corrected chi connectivity index (χ4v) is 11.8. The number of nitrogens with zero attached hydrogens (tertiary/aromatic N) is 5. The van der Waals surface area contributed by atoms with Crippen molar-refractivity contribution in [1.82, 2.24) is 30.1 Å². The zero-order chi connectivity index (χ0) is 44.7. The quantitative estimate of drug-likeness (QED) is 0.110. The normalized spacial score (nSPS) is 20.6. The number of amides is 3. The van der Waals surface area contributed by atoms with Crippen LogP contribution in [0, 0.1) is 11.2 Å². The van der Waals surface area contributed by atoms with Crippen LogP contribution in [0.2, 0.25) is 0 Å². The number of thiazole rings is 1. The Hall–Kier alpha value is -4.84. The van der Waals surface area contributed by atoms with Gasteiger partial charge in [0.15, 0.2) is 0 Å². The second-order valence-corrected chi connectivity index (χ2v) is 21.6. The lowest BCUT2D eigenvalue weighted by atomic mass is 9.60. The molecule has 1 spiro atoms. The zero-order valence-electron chi connectivity index (χ0n) is 36.5. The SMILES string of the molecule is CCC(c1cccc(-c2nc(C(C)(C)C)sc2-c2ccnc(NC3CC4(CCN(C(=O)CN5CCC(c6ccc(NC7CCC(=O)NC7=O)cc6)CC5)CC4)C3)n2)c1F)S(N)(=O)=O. The number of likely N-dealkylation sites (tertiary alicyclic amines) is 2. The number of imide groups is 1. The minimum absolute atomic E-state index is 0.0217. The van der Waals surface area contributed by atoms with Crippen molar-refractivity contribution in [3.8, 4) is 21.8 Å². The van der Waals surface area contributed by atoms with E-state index in [1.54, 1.807) is 31.3 Å². The number of hydrogen-bond donors (Lipinski definition) is 4. The molecular weight excluding hydrogens is 842 g/mol. The minimum Gasteiger partial charge on any atom is -0.374 e. The van der Waals surface area contributed by atoms with E-state index in [0.29, 0.717) is 47.5 Å². The number of hydrogen-bond acceptors (Lipinski definition) is 12. The van der Waals surface area contributed by atoms with Gasteiger partial charge in [-0.25, -0.2) is 32.9 Å². The van der Waals surface area contributed by atoms with Gasteiger partial charge in [0.25, 0.3) is 0 Å². The van der Waals surface area contributed by atoms with Crippen molar-refractivity contribution < 1.29 is 27.2 Å². The molecule has 4 fully saturated rings. The van der Waals surface area contributed by atoms with Gasteiger partial charge in [-0.3, -0.25) is 24.6 Å². The van der Waals surface area contributed by atoms with Crippen LogP contribution in [0.1, 0.15) is 113 Å². The lowest BCUT2D eigenvalue weighted by Gasteiger charge is -2.52. The second kappa shape index (κ2) is 18.0. The maximum atomic E-state index is 16.3. The van der Waals surface area contributed by atoms with Crippen LogP contribution in [-0.2, 0) is 29.8 Å². The van der Waals surface area contributed by atoms with Crippen molar-refractivity contribution in [1.29, 1.82) is 0 Å². The lowest BCUT2D eigenvalue weighted by molar-refractivity contribution is -0.136. The molecule has 1 aliphatic carbocycles. The first-order chi connectivity index (χ1) is 30.0. The highest BCUT2D eigenvalue weighted by molar-refractivity contribution is 7.89. The molecule has 3 aliphatic heterocycles. The van der Waals surface area contributed by atoms with Crippen molar-refractivity contribution in [3.05, 3.63) is 76.7 Å². The van der Waals surface area contributed by atoms with E-state index < -0.39 is 27.1 Å². The summed E-state index contributed by atoms with van der Waals surface area (Å²) >= 11 is 1.44. The summed E-state index contributed by atoms with van der Waals surface area (Å²) in [5.74, 6) is -0.0625. The first-order valence-electron chi connectivity index (χ1n) is 22.1. The Balaban J connectivity index is 0.827. The molecule has 8 rings (SSSR count). The molecule has 336 valence electrons. The van der Waals surface area contributed by atoms with Crippen LogP contribution < -0.4 is 21.1 Å². The minimum atomic E-state index is -4.04. The van der Waals surface area contributed by atoms with Crippen LogP contribution in [0.3, 0.4) is 0 Å². The van der Waals surface area contributed by atoms with Gasteiger partial charge < -0.3 is 15.5 Å². The Morgan fingerprint density at radius 3 is 2.37 bits per heavy atom. The van der Waals surface area contributed by atoms with E-state index in [-0.39, 0.29) is 52.1 Å². The molecule has 4 aliphatic rings. The molecule has 5 N–H and O–H groups in total. The van der Waals surface area contributed by atoms with Crippen molar-refractivity contribution in [2.45, 2.75) is 114 Å². The third-order valence-corrected chi connectivity index (χ3v) is 16.2. The lowest BCUT2D eigenvalue weighted by Crippen LogP contribution is -2.54. The van der Waals surface area contributed by atoms with Gasteiger partial charge in [0, 0.05) is 54.0 Å². The Bertz CT molecular complexity index is 2450. The molecule has 2 aromatic carbocycles. The summed E-state index contributed by atoms with van der Waals surface area (Å²) in [6.45, 7) is 11.5. The van der Waals surface area contributed by atoms with Crippen molar-refractivity contribution in [3.63, 3.8) is 0 Å². The van der Waals surface area contributed by atoms with Crippen molar-refractivity contribution >= 4 is 50.7 Å². The van der Waals surface area contributed by atoms with Gasteiger partial charge in [0.1, 0.15) is 17.1 Å². The van der Waals surface area contributed by atoms with Gasteiger partial charge in [-0.05, 0) is 106 Å². The van der Waals surface area contributed by atoms with Gasteiger partial charge >= 0.3 is 0 Å².